The first-order chi connectivity index (χ1) is 19.0. The lowest BCUT2D eigenvalue weighted by molar-refractivity contribution is -0.143. The number of nitrogens with zero attached hydrogens (tertiary/aromatic N) is 2. The van der Waals surface area contributed by atoms with Crippen LogP contribution in [0, 0.1) is 17.3 Å². The van der Waals surface area contributed by atoms with Crippen molar-refractivity contribution >= 4 is 23.8 Å². The highest BCUT2D eigenvalue weighted by Gasteiger charge is 2.54. The average molecular weight is 539 g/mol. The Kier molecular flexibility index (Phi) is 6.51. The maximum atomic E-state index is 13.3. The van der Waals surface area contributed by atoms with Crippen LogP contribution in [0.3, 0.4) is 0 Å². The van der Waals surface area contributed by atoms with Crippen LogP contribution in [0.1, 0.15) is 42.3 Å². The van der Waals surface area contributed by atoms with E-state index in [9.17, 15) is 19.2 Å². The van der Waals surface area contributed by atoms with E-state index in [1.807, 2.05) is 0 Å². The van der Waals surface area contributed by atoms with Crippen molar-refractivity contribution < 1.29 is 28.7 Å². The van der Waals surface area contributed by atoms with E-state index in [2.05, 4.69) is 27.5 Å². The molecule has 2 N–H and O–H groups in total. The van der Waals surface area contributed by atoms with Crippen LogP contribution in [0.25, 0.3) is 11.3 Å². The Morgan fingerprint density at radius 3 is 2.48 bits per heavy atom. The van der Waals surface area contributed by atoms with Crippen LogP contribution in [0.5, 0.6) is 11.5 Å². The molecule has 3 heterocycles. The summed E-state index contributed by atoms with van der Waals surface area (Å²) in [5, 5.41) is 4.73. The molecule has 0 saturated carbocycles. The number of carbonyl (C=O) groups is 4. The zero-order chi connectivity index (χ0) is 28.7. The molecule has 1 aromatic heterocycles. The zero-order valence-corrected chi connectivity index (χ0v) is 22.3. The van der Waals surface area contributed by atoms with E-state index in [0.717, 1.165) is 0 Å². The highest BCUT2D eigenvalue weighted by atomic mass is 16.5. The van der Waals surface area contributed by atoms with Gasteiger partial charge in [0.1, 0.15) is 11.4 Å². The lowest BCUT2D eigenvalue weighted by atomic mass is 9.97. The van der Waals surface area contributed by atoms with Crippen molar-refractivity contribution in [1.29, 1.82) is 0 Å². The standard InChI is InChI=1S/C30H26N4O6/c1-29(2,3)27(37)40-23-6-5-15-31-24(23)19-9-7-18(8-10-19)13-14-30(26(36)32-28(38)33-30)34-17-20-11-12-21(39-4)16-22(20)25(34)35/h5-12,15-16H,17H2,1-4H3,(H2,32,33,36,38)/t30-/m1/s1. The van der Waals surface area contributed by atoms with Crippen LogP contribution in [0.4, 0.5) is 4.79 Å². The van der Waals surface area contributed by atoms with Gasteiger partial charge < -0.3 is 9.47 Å². The maximum absolute atomic E-state index is 13.3. The van der Waals surface area contributed by atoms with Crippen LogP contribution in [0.15, 0.2) is 60.8 Å². The van der Waals surface area contributed by atoms with Gasteiger partial charge in [-0.25, -0.2) is 4.79 Å². The minimum absolute atomic E-state index is 0.0786. The number of benzene rings is 2. The smallest absolute Gasteiger partial charge is 0.324 e. The van der Waals surface area contributed by atoms with Crippen molar-refractivity contribution in [3.63, 3.8) is 0 Å². The number of hydrogen-bond acceptors (Lipinski definition) is 7. The van der Waals surface area contributed by atoms with Crippen LogP contribution < -0.4 is 20.1 Å². The van der Waals surface area contributed by atoms with E-state index in [0.29, 0.717) is 39.4 Å². The Morgan fingerprint density at radius 2 is 1.82 bits per heavy atom. The summed E-state index contributed by atoms with van der Waals surface area (Å²) in [7, 11) is 1.49. The molecular weight excluding hydrogens is 512 g/mol. The van der Waals surface area contributed by atoms with E-state index in [1.165, 1.54) is 12.0 Å². The van der Waals surface area contributed by atoms with Gasteiger partial charge in [-0.2, -0.15) is 0 Å². The van der Waals surface area contributed by atoms with Gasteiger partial charge in [0, 0.05) is 22.9 Å². The van der Waals surface area contributed by atoms with Gasteiger partial charge in [-0.05, 0) is 68.7 Å². The van der Waals surface area contributed by atoms with Gasteiger partial charge in [0.05, 0.1) is 19.1 Å². The highest BCUT2D eigenvalue weighted by Crippen LogP contribution is 2.33. The van der Waals surface area contributed by atoms with Gasteiger partial charge in [-0.3, -0.25) is 34.9 Å². The fourth-order valence-corrected chi connectivity index (χ4v) is 4.29. The third kappa shape index (κ3) is 4.73. The molecule has 2 aromatic carbocycles. The molecule has 4 amide bonds. The van der Waals surface area contributed by atoms with Crippen molar-refractivity contribution in [2.24, 2.45) is 5.41 Å². The molecule has 2 aliphatic heterocycles. The molecule has 10 nitrogen and oxygen atoms in total. The predicted molar refractivity (Wildman–Crippen MR) is 144 cm³/mol. The van der Waals surface area contributed by atoms with Crippen molar-refractivity contribution in [3.05, 3.63) is 77.5 Å². The fourth-order valence-electron chi connectivity index (χ4n) is 4.29. The summed E-state index contributed by atoms with van der Waals surface area (Å²) in [6, 6.07) is 14.6. The van der Waals surface area contributed by atoms with Crippen molar-refractivity contribution in [2.45, 2.75) is 33.0 Å². The summed E-state index contributed by atoms with van der Waals surface area (Å²) in [4.78, 5) is 56.6. The highest BCUT2D eigenvalue weighted by molar-refractivity contribution is 6.12. The van der Waals surface area contributed by atoms with Crippen molar-refractivity contribution in [1.82, 2.24) is 20.5 Å². The number of hydrogen-bond donors (Lipinski definition) is 2. The molecule has 0 spiro atoms. The summed E-state index contributed by atoms with van der Waals surface area (Å²) in [6.45, 7) is 5.38. The third-order valence-electron chi connectivity index (χ3n) is 6.51. The first-order valence-corrected chi connectivity index (χ1v) is 12.5. The first kappa shape index (κ1) is 26.4. The van der Waals surface area contributed by atoms with E-state index in [1.54, 1.807) is 81.6 Å². The zero-order valence-electron chi connectivity index (χ0n) is 22.3. The fraction of sp³-hybridized carbons (Fsp3) is 0.233. The molecule has 1 atom stereocenters. The number of imide groups is 1. The molecule has 10 heteroatoms. The second-order valence-electron chi connectivity index (χ2n) is 10.4. The molecular formula is C30H26N4O6. The molecule has 2 aliphatic rings. The van der Waals surface area contributed by atoms with Gasteiger partial charge >= 0.3 is 12.0 Å². The first-order valence-electron chi connectivity index (χ1n) is 12.5. The summed E-state index contributed by atoms with van der Waals surface area (Å²) in [5.74, 6) is 5.00. The molecule has 1 saturated heterocycles. The molecule has 0 radical (unpaired) electrons. The van der Waals surface area contributed by atoms with Gasteiger partial charge in [-0.1, -0.05) is 24.1 Å². The van der Waals surface area contributed by atoms with Crippen LogP contribution in [-0.2, 0) is 16.1 Å². The number of esters is 1. The third-order valence-corrected chi connectivity index (χ3v) is 6.51. The number of rotatable bonds is 4. The Hall–Kier alpha value is -5.17. The van der Waals surface area contributed by atoms with Crippen molar-refractivity contribution in [2.75, 3.05) is 7.11 Å². The topological polar surface area (TPSA) is 127 Å². The number of amides is 4. The van der Waals surface area contributed by atoms with Gasteiger partial charge in [0.15, 0.2) is 5.75 Å². The minimum Gasteiger partial charge on any atom is -0.497 e. The number of ether oxygens (including phenoxy) is 2. The number of pyridine rings is 1. The molecule has 0 aliphatic carbocycles. The Balaban J connectivity index is 1.45. The average Bonchev–Trinajstić information content (AvgIpc) is 3.42. The number of carbonyl (C=O) groups excluding carboxylic acids is 4. The van der Waals surface area contributed by atoms with Gasteiger partial charge in [-0.15, -0.1) is 0 Å². The van der Waals surface area contributed by atoms with E-state index >= 15 is 0 Å². The lowest BCUT2D eigenvalue weighted by Crippen LogP contribution is -2.60. The van der Waals surface area contributed by atoms with E-state index in [-0.39, 0.29) is 12.5 Å². The Labute approximate surface area is 230 Å². The maximum Gasteiger partial charge on any atom is 0.324 e. The molecule has 0 unspecified atom stereocenters. The number of methoxy groups -OCH3 is 1. The second kappa shape index (κ2) is 9.85. The normalized spacial score (nSPS) is 17.9. The summed E-state index contributed by atoms with van der Waals surface area (Å²) in [5.41, 5.74) is 0.161. The quantitative estimate of drug-likeness (QED) is 0.297. The largest absolute Gasteiger partial charge is 0.497 e. The van der Waals surface area contributed by atoms with E-state index < -0.39 is 28.9 Å². The van der Waals surface area contributed by atoms with Gasteiger partial charge in [0.25, 0.3) is 17.5 Å². The molecule has 0 bridgehead atoms. The summed E-state index contributed by atoms with van der Waals surface area (Å²) >= 11 is 0. The van der Waals surface area contributed by atoms with Crippen LogP contribution in [-0.4, -0.2) is 46.5 Å². The molecule has 202 valence electrons. The van der Waals surface area contributed by atoms with Crippen LogP contribution in [0.2, 0.25) is 0 Å². The number of urea groups is 1. The predicted octanol–water partition coefficient (Wildman–Crippen LogP) is 3.25. The SMILES string of the molecule is COc1ccc2c(c1)C(=O)N([C@@]1(C#Cc3ccc(-c4ncccc4OC(=O)C(C)(C)C)cc3)NC(=O)NC1=O)C2. The summed E-state index contributed by atoms with van der Waals surface area (Å²) < 4.78 is 10.8. The van der Waals surface area contributed by atoms with E-state index in [4.69, 9.17) is 9.47 Å². The number of aromatic nitrogens is 1. The second-order valence-corrected chi connectivity index (χ2v) is 10.4. The number of fused-ring (bicyclic) bond motifs is 1. The Bertz CT molecular complexity index is 1610. The van der Waals surface area contributed by atoms with Crippen LogP contribution >= 0.6 is 0 Å². The minimum atomic E-state index is -1.89. The van der Waals surface area contributed by atoms with Crippen molar-refractivity contribution in [3.8, 4) is 34.6 Å². The molecule has 5 rings (SSSR count). The Morgan fingerprint density at radius 1 is 1.07 bits per heavy atom. The molecule has 3 aromatic rings. The molecule has 40 heavy (non-hydrogen) atoms. The number of nitrogens with one attached hydrogen (secondary N) is 2. The monoisotopic (exact) mass is 538 g/mol. The lowest BCUT2D eigenvalue weighted by Gasteiger charge is -2.30. The summed E-state index contributed by atoms with van der Waals surface area (Å²) in [6.07, 6.45) is 1.60. The molecule has 1 fully saturated rings. The van der Waals surface area contributed by atoms with Gasteiger partial charge in [0.2, 0.25) is 0 Å².